The smallest absolute Gasteiger partial charge is 0.271 e. The van der Waals surface area contributed by atoms with Crippen molar-refractivity contribution in [2.45, 2.75) is 19.8 Å². The Morgan fingerprint density at radius 2 is 1.81 bits per heavy atom. The van der Waals surface area contributed by atoms with E-state index in [1.807, 2.05) is 24.3 Å². The molecule has 2 aromatic rings. The van der Waals surface area contributed by atoms with Crippen LogP contribution in [0.2, 0.25) is 0 Å². The lowest BCUT2D eigenvalue weighted by atomic mass is 10.1. The predicted molar refractivity (Wildman–Crippen MR) is 100 cm³/mol. The van der Waals surface area contributed by atoms with Gasteiger partial charge in [-0.25, -0.2) is 5.43 Å². The molecule has 134 valence electrons. The van der Waals surface area contributed by atoms with Crippen molar-refractivity contribution in [1.82, 2.24) is 5.43 Å². The first-order valence-corrected chi connectivity index (χ1v) is 8.47. The molecule has 26 heavy (non-hydrogen) atoms. The summed E-state index contributed by atoms with van der Waals surface area (Å²) >= 11 is 0. The molecule has 0 aliphatic heterocycles. The van der Waals surface area contributed by atoms with Gasteiger partial charge in [0.25, 0.3) is 5.91 Å². The third kappa shape index (κ3) is 4.47. The number of benzene rings is 2. The number of anilines is 1. The van der Waals surface area contributed by atoms with Gasteiger partial charge in [0.1, 0.15) is 5.75 Å². The van der Waals surface area contributed by atoms with E-state index in [4.69, 9.17) is 4.74 Å². The van der Waals surface area contributed by atoms with Gasteiger partial charge in [0, 0.05) is 17.2 Å². The maximum absolute atomic E-state index is 12.2. The van der Waals surface area contributed by atoms with Crippen molar-refractivity contribution >= 4 is 23.2 Å². The number of hydrogen-bond donors (Lipinski definition) is 2. The van der Waals surface area contributed by atoms with E-state index in [0.29, 0.717) is 17.0 Å². The molecule has 1 fully saturated rings. The lowest BCUT2D eigenvalue weighted by molar-refractivity contribution is -0.117. The number of ether oxygens (including phenoxy) is 1. The molecule has 6 nitrogen and oxygen atoms in total. The summed E-state index contributed by atoms with van der Waals surface area (Å²) in [7, 11) is 1.55. The Labute approximate surface area is 152 Å². The molecule has 6 heteroatoms. The third-order valence-electron chi connectivity index (χ3n) is 4.15. The fourth-order valence-electron chi connectivity index (χ4n) is 2.44. The zero-order valence-corrected chi connectivity index (χ0v) is 14.8. The quantitative estimate of drug-likeness (QED) is 0.619. The van der Waals surface area contributed by atoms with E-state index in [1.165, 1.54) is 0 Å². The first-order chi connectivity index (χ1) is 12.6. The summed E-state index contributed by atoms with van der Waals surface area (Å²) in [5.41, 5.74) is 5.20. The maximum atomic E-state index is 12.2. The number of carbonyl (C=O) groups excluding carboxylic acids is 2. The van der Waals surface area contributed by atoms with Crippen LogP contribution in [-0.4, -0.2) is 24.6 Å². The van der Waals surface area contributed by atoms with Gasteiger partial charge in [0.2, 0.25) is 5.91 Å². The second kappa shape index (κ2) is 7.82. The van der Waals surface area contributed by atoms with Gasteiger partial charge in [-0.2, -0.15) is 5.10 Å². The van der Waals surface area contributed by atoms with Gasteiger partial charge in [-0.05, 0) is 55.7 Å². The van der Waals surface area contributed by atoms with Crippen molar-refractivity contribution in [3.63, 3.8) is 0 Å². The van der Waals surface area contributed by atoms with E-state index >= 15 is 0 Å². The van der Waals surface area contributed by atoms with Crippen molar-refractivity contribution in [2.75, 3.05) is 12.4 Å². The first kappa shape index (κ1) is 17.7. The molecule has 2 N–H and O–H groups in total. The fraction of sp³-hybridized carbons (Fsp3) is 0.250. The topological polar surface area (TPSA) is 79.8 Å². The van der Waals surface area contributed by atoms with Crippen molar-refractivity contribution in [3.05, 3.63) is 59.7 Å². The molecule has 3 rings (SSSR count). The zero-order valence-electron chi connectivity index (χ0n) is 14.8. The standard InChI is InChI=1S/C20H21N3O3/c1-13(22-23-20(25)16-6-4-8-18(12-16)26-2)15-5-3-7-17(11-15)21-19(24)14-9-10-14/h3-8,11-12,14H,9-10H2,1-2H3,(H,21,24)(H,23,25). The molecule has 1 aliphatic rings. The van der Waals surface area contributed by atoms with Crippen LogP contribution < -0.4 is 15.5 Å². The largest absolute Gasteiger partial charge is 0.497 e. The molecule has 0 unspecified atom stereocenters. The molecular weight excluding hydrogens is 330 g/mol. The lowest BCUT2D eigenvalue weighted by Gasteiger charge is -2.08. The van der Waals surface area contributed by atoms with E-state index in [1.54, 1.807) is 38.3 Å². The summed E-state index contributed by atoms with van der Waals surface area (Å²) in [6.45, 7) is 1.80. The minimum Gasteiger partial charge on any atom is -0.497 e. The zero-order chi connectivity index (χ0) is 18.5. The number of hydrazone groups is 1. The summed E-state index contributed by atoms with van der Waals surface area (Å²) in [5, 5.41) is 7.06. The number of amides is 2. The molecule has 2 amide bonds. The van der Waals surface area contributed by atoms with Crippen LogP contribution in [0.25, 0.3) is 0 Å². The van der Waals surface area contributed by atoms with Crippen molar-refractivity contribution in [1.29, 1.82) is 0 Å². The SMILES string of the molecule is COc1cccc(C(=O)NN=C(C)c2cccc(NC(=O)C3CC3)c2)c1. The Kier molecular flexibility index (Phi) is 5.31. The molecule has 1 saturated carbocycles. The van der Waals surface area contributed by atoms with E-state index in [-0.39, 0.29) is 17.7 Å². The fourth-order valence-corrected chi connectivity index (χ4v) is 2.44. The van der Waals surface area contributed by atoms with Gasteiger partial charge in [-0.15, -0.1) is 0 Å². The first-order valence-electron chi connectivity index (χ1n) is 8.47. The van der Waals surface area contributed by atoms with Crippen molar-refractivity contribution in [2.24, 2.45) is 11.0 Å². The maximum Gasteiger partial charge on any atom is 0.271 e. The highest BCUT2D eigenvalue weighted by atomic mass is 16.5. The van der Waals surface area contributed by atoms with E-state index in [0.717, 1.165) is 24.1 Å². The predicted octanol–water partition coefficient (Wildman–Crippen LogP) is 3.20. The summed E-state index contributed by atoms with van der Waals surface area (Å²) in [4.78, 5) is 24.1. The Hall–Kier alpha value is -3.15. The Morgan fingerprint density at radius 3 is 2.54 bits per heavy atom. The van der Waals surface area contributed by atoms with E-state index in [9.17, 15) is 9.59 Å². The van der Waals surface area contributed by atoms with E-state index < -0.39 is 0 Å². The van der Waals surface area contributed by atoms with Crippen LogP contribution in [0.1, 0.15) is 35.7 Å². The highest BCUT2D eigenvalue weighted by Gasteiger charge is 2.29. The van der Waals surface area contributed by atoms with Crippen LogP contribution in [0.5, 0.6) is 5.75 Å². The Morgan fingerprint density at radius 1 is 1.08 bits per heavy atom. The number of hydrogen-bond acceptors (Lipinski definition) is 4. The van der Waals surface area contributed by atoms with Gasteiger partial charge in [-0.3, -0.25) is 9.59 Å². The molecule has 0 atom stereocenters. The van der Waals surface area contributed by atoms with Crippen LogP contribution in [-0.2, 0) is 4.79 Å². The number of rotatable bonds is 6. The van der Waals surface area contributed by atoms with Gasteiger partial charge in [0.05, 0.1) is 12.8 Å². The van der Waals surface area contributed by atoms with Crippen LogP contribution in [0.4, 0.5) is 5.69 Å². The van der Waals surface area contributed by atoms with Gasteiger partial charge >= 0.3 is 0 Å². The Balaban J connectivity index is 1.66. The van der Waals surface area contributed by atoms with Crippen LogP contribution >= 0.6 is 0 Å². The highest BCUT2D eigenvalue weighted by molar-refractivity contribution is 6.02. The Bertz CT molecular complexity index is 857. The normalized spacial score (nSPS) is 13.8. The molecule has 2 aromatic carbocycles. The molecule has 0 saturated heterocycles. The highest BCUT2D eigenvalue weighted by Crippen LogP contribution is 2.30. The molecule has 0 bridgehead atoms. The average molecular weight is 351 g/mol. The summed E-state index contributed by atoms with van der Waals surface area (Å²) in [6, 6.07) is 14.3. The number of nitrogens with one attached hydrogen (secondary N) is 2. The van der Waals surface area contributed by atoms with Crippen LogP contribution in [0.15, 0.2) is 53.6 Å². The number of nitrogens with zero attached hydrogens (tertiary/aromatic N) is 1. The number of methoxy groups -OCH3 is 1. The summed E-state index contributed by atoms with van der Waals surface area (Å²) in [6.07, 6.45) is 1.92. The average Bonchev–Trinajstić information content (AvgIpc) is 3.51. The monoisotopic (exact) mass is 351 g/mol. The second-order valence-corrected chi connectivity index (χ2v) is 6.21. The lowest BCUT2D eigenvalue weighted by Crippen LogP contribution is -2.19. The molecule has 0 heterocycles. The molecule has 0 spiro atoms. The second-order valence-electron chi connectivity index (χ2n) is 6.21. The van der Waals surface area contributed by atoms with Gasteiger partial charge in [-0.1, -0.05) is 18.2 Å². The molecular formula is C20H21N3O3. The van der Waals surface area contributed by atoms with Crippen LogP contribution in [0.3, 0.4) is 0 Å². The summed E-state index contributed by atoms with van der Waals surface area (Å²) < 4.78 is 5.12. The van der Waals surface area contributed by atoms with Crippen molar-refractivity contribution in [3.8, 4) is 5.75 Å². The third-order valence-corrected chi connectivity index (χ3v) is 4.15. The van der Waals surface area contributed by atoms with Crippen LogP contribution in [0, 0.1) is 5.92 Å². The van der Waals surface area contributed by atoms with Gasteiger partial charge in [0.15, 0.2) is 0 Å². The minimum atomic E-state index is -0.318. The molecule has 0 aromatic heterocycles. The van der Waals surface area contributed by atoms with E-state index in [2.05, 4.69) is 15.8 Å². The molecule has 1 aliphatic carbocycles. The molecule has 0 radical (unpaired) electrons. The summed E-state index contributed by atoms with van der Waals surface area (Å²) in [5.74, 6) is 0.498. The number of carbonyl (C=O) groups is 2. The minimum absolute atomic E-state index is 0.0584. The van der Waals surface area contributed by atoms with Gasteiger partial charge < -0.3 is 10.1 Å². The van der Waals surface area contributed by atoms with Crippen molar-refractivity contribution < 1.29 is 14.3 Å².